The van der Waals surface area contributed by atoms with E-state index in [1.807, 2.05) is 25.1 Å². The molecule has 0 aromatic heterocycles. The first-order valence-corrected chi connectivity index (χ1v) is 7.59. The van der Waals surface area contributed by atoms with Crippen LogP contribution in [-0.4, -0.2) is 21.8 Å². The summed E-state index contributed by atoms with van der Waals surface area (Å²) in [5.41, 5.74) is 5.97. The molecule has 4 nitrogen and oxygen atoms in total. The van der Waals surface area contributed by atoms with E-state index in [1.165, 1.54) is 0 Å². The number of carboxylic acids is 1. The fourth-order valence-electron chi connectivity index (χ4n) is 4.69. The predicted octanol–water partition coefficient (Wildman–Crippen LogP) is 2.48. The number of aliphatic carboxylic acids is 1. The molecule has 0 amide bonds. The Labute approximate surface area is 125 Å². The van der Waals surface area contributed by atoms with Crippen LogP contribution >= 0.6 is 0 Å². The molecule has 0 radical (unpaired) electrons. The van der Waals surface area contributed by atoms with Crippen LogP contribution < -0.4 is 5.73 Å². The van der Waals surface area contributed by atoms with E-state index >= 15 is 0 Å². The first-order valence-electron chi connectivity index (χ1n) is 7.59. The zero-order valence-electron chi connectivity index (χ0n) is 12.6. The molecule has 1 aromatic rings. The third kappa shape index (κ3) is 1.62. The average Bonchev–Trinajstić information content (AvgIpc) is 2.41. The van der Waals surface area contributed by atoms with E-state index in [2.05, 4.69) is 0 Å². The second-order valence-electron chi connectivity index (χ2n) is 7.10. The number of anilines is 1. The van der Waals surface area contributed by atoms with Crippen LogP contribution in [0.3, 0.4) is 0 Å². The van der Waals surface area contributed by atoms with Crippen molar-refractivity contribution in [1.29, 1.82) is 0 Å². The van der Waals surface area contributed by atoms with Gasteiger partial charge in [-0.05, 0) is 55.9 Å². The van der Waals surface area contributed by atoms with Crippen molar-refractivity contribution < 1.29 is 15.0 Å². The van der Waals surface area contributed by atoms with E-state index in [0.717, 1.165) is 29.7 Å². The number of nitrogens with two attached hydrogens (primary N) is 1. The number of hydrogen-bond acceptors (Lipinski definition) is 3. The molecule has 0 bridgehead atoms. The highest BCUT2D eigenvalue weighted by Gasteiger charge is 2.65. The Morgan fingerprint density at radius 2 is 1.95 bits per heavy atom. The van der Waals surface area contributed by atoms with Crippen LogP contribution in [0, 0.1) is 5.41 Å². The van der Waals surface area contributed by atoms with Crippen LogP contribution in [0.5, 0.6) is 0 Å². The molecule has 1 fully saturated rings. The summed E-state index contributed by atoms with van der Waals surface area (Å²) in [6.45, 7) is 3.72. The van der Waals surface area contributed by atoms with E-state index in [0.29, 0.717) is 19.3 Å². The number of carbonyl (C=O) groups is 1. The Bertz CT molecular complexity index is 614. The molecule has 0 heterocycles. The van der Waals surface area contributed by atoms with E-state index in [-0.39, 0.29) is 0 Å². The molecule has 0 unspecified atom stereocenters. The summed E-state index contributed by atoms with van der Waals surface area (Å²) in [5, 5.41) is 21.2. The van der Waals surface area contributed by atoms with Gasteiger partial charge in [-0.1, -0.05) is 19.4 Å². The Balaban J connectivity index is 2.21. The summed E-state index contributed by atoms with van der Waals surface area (Å²) >= 11 is 0. The van der Waals surface area contributed by atoms with Gasteiger partial charge in [0.15, 0.2) is 0 Å². The van der Waals surface area contributed by atoms with Gasteiger partial charge in [-0.2, -0.15) is 0 Å². The molecule has 0 aliphatic heterocycles. The molecule has 4 N–H and O–H groups in total. The Morgan fingerprint density at radius 1 is 1.24 bits per heavy atom. The van der Waals surface area contributed by atoms with Gasteiger partial charge in [-0.25, -0.2) is 0 Å². The molecule has 2 aliphatic carbocycles. The van der Waals surface area contributed by atoms with Gasteiger partial charge in [0, 0.05) is 11.1 Å². The molecule has 1 saturated carbocycles. The molecule has 3 rings (SSSR count). The van der Waals surface area contributed by atoms with Crippen molar-refractivity contribution in [1.82, 2.24) is 0 Å². The summed E-state index contributed by atoms with van der Waals surface area (Å²) in [6.07, 6.45) is 3.30. The third-order valence-corrected chi connectivity index (χ3v) is 6.13. The largest absolute Gasteiger partial charge is 0.481 e. The zero-order chi connectivity index (χ0) is 15.5. The Hall–Kier alpha value is -1.55. The molecule has 114 valence electrons. The van der Waals surface area contributed by atoms with Crippen molar-refractivity contribution in [2.24, 2.45) is 5.41 Å². The van der Waals surface area contributed by atoms with Crippen molar-refractivity contribution in [2.45, 2.75) is 57.0 Å². The van der Waals surface area contributed by atoms with Gasteiger partial charge in [0.2, 0.25) is 0 Å². The molecule has 4 heteroatoms. The molecular formula is C17H23NO3. The van der Waals surface area contributed by atoms with Gasteiger partial charge >= 0.3 is 5.97 Å². The smallest absolute Gasteiger partial charge is 0.312 e. The van der Waals surface area contributed by atoms with E-state index in [1.54, 1.807) is 6.92 Å². The lowest BCUT2D eigenvalue weighted by atomic mass is 9.47. The molecule has 1 aromatic carbocycles. The third-order valence-electron chi connectivity index (χ3n) is 6.13. The molecule has 2 aliphatic rings. The molecule has 3 atom stereocenters. The minimum atomic E-state index is -1.22. The summed E-state index contributed by atoms with van der Waals surface area (Å²) in [6, 6.07) is 5.79. The maximum absolute atomic E-state index is 11.9. The van der Waals surface area contributed by atoms with Gasteiger partial charge in [-0.15, -0.1) is 0 Å². The Morgan fingerprint density at radius 3 is 2.62 bits per heavy atom. The second-order valence-corrected chi connectivity index (χ2v) is 7.10. The molecule has 0 spiro atoms. The number of carboxylic acid groups (broad SMARTS) is 1. The quantitative estimate of drug-likeness (QED) is 0.693. The number of fused-ring (bicyclic) bond motifs is 3. The minimum absolute atomic E-state index is 0.475. The van der Waals surface area contributed by atoms with E-state index in [4.69, 9.17) is 5.73 Å². The fourth-order valence-corrected chi connectivity index (χ4v) is 4.69. The standard InChI is InChI=1S/C17H23NO3/c1-15-7-3-8-16(2,14(19)20)17(15,21)9-6-11-10-12(18)4-5-13(11)15/h4-5,10,21H,3,6-9,18H2,1-2H3,(H,19,20)/t15-,16+,17+/m1/s1. The monoisotopic (exact) mass is 289 g/mol. The van der Waals surface area contributed by atoms with Crippen molar-refractivity contribution in [3.63, 3.8) is 0 Å². The SMILES string of the molecule is C[C@@]1(C(=O)O)CCC[C@]2(C)c3ccc(N)cc3CC[C@@]12O. The topological polar surface area (TPSA) is 83.5 Å². The summed E-state index contributed by atoms with van der Waals surface area (Å²) < 4.78 is 0. The lowest BCUT2D eigenvalue weighted by molar-refractivity contribution is -0.195. The first kappa shape index (κ1) is 14.4. The highest BCUT2D eigenvalue weighted by atomic mass is 16.4. The molecule has 21 heavy (non-hydrogen) atoms. The summed E-state index contributed by atoms with van der Waals surface area (Å²) in [7, 11) is 0. The van der Waals surface area contributed by atoms with E-state index < -0.39 is 22.4 Å². The van der Waals surface area contributed by atoms with Gasteiger partial charge in [0.05, 0.1) is 11.0 Å². The number of aryl methyl sites for hydroxylation is 1. The van der Waals surface area contributed by atoms with E-state index in [9.17, 15) is 15.0 Å². The van der Waals surface area contributed by atoms with Crippen LogP contribution in [-0.2, 0) is 16.6 Å². The van der Waals surface area contributed by atoms with Crippen LogP contribution in [0.2, 0.25) is 0 Å². The highest BCUT2D eigenvalue weighted by molar-refractivity contribution is 5.77. The molecular weight excluding hydrogens is 266 g/mol. The fraction of sp³-hybridized carbons (Fsp3) is 0.588. The van der Waals surface area contributed by atoms with Gasteiger partial charge < -0.3 is 15.9 Å². The number of benzene rings is 1. The highest BCUT2D eigenvalue weighted by Crippen LogP contribution is 2.59. The maximum Gasteiger partial charge on any atom is 0.312 e. The van der Waals surface area contributed by atoms with Crippen LogP contribution in [0.4, 0.5) is 5.69 Å². The number of aliphatic hydroxyl groups is 1. The number of rotatable bonds is 1. The number of nitrogen functional groups attached to an aromatic ring is 1. The van der Waals surface area contributed by atoms with Gasteiger partial charge in [0.1, 0.15) is 0 Å². The van der Waals surface area contributed by atoms with Crippen LogP contribution in [0.1, 0.15) is 50.7 Å². The van der Waals surface area contributed by atoms with Crippen molar-refractivity contribution in [3.8, 4) is 0 Å². The van der Waals surface area contributed by atoms with Crippen molar-refractivity contribution in [3.05, 3.63) is 29.3 Å². The van der Waals surface area contributed by atoms with Crippen LogP contribution in [0.15, 0.2) is 18.2 Å². The normalized spacial score (nSPS) is 38.4. The summed E-state index contributed by atoms with van der Waals surface area (Å²) in [4.78, 5) is 11.9. The summed E-state index contributed by atoms with van der Waals surface area (Å²) in [5.74, 6) is -0.894. The average molecular weight is 289 g/mol. The minimum Gasteiger partial charge on any atom is -0.481 e. The zero-order valence-corrected chi connectivity index (χ0v) is 12.6. The Kier molecular flexibility index (Phi) is 2.90. The van der Waals surface area contributed by atoms with Crippen molar-refractivity contribution >= 4 is 11.7 Å². The molecule has 0 saturated heterocycles. The maximum atomic E-state index is 11.9. The lowest BCUT2D eigenvalue weighted by Crippen LogP contribution is -2.66. The van der Waals surface area contributed by atoms with Crippen molar-refractivity contribution in [2.75, 3.05) is 5.73 Å². The van der Waals surface area contributed by atoms with Crippen LogP contribution in [0.25, 0.3) is 0 Å². The predicted molar refractivity (Wildman–Crippen MR) is 81.1 cm³/mol. The second kappa shape index (κ2) is 4.23. The number of hydrogen-bond donors (Lipinski definition) is 3. The lowest BCUT2D eigenvalue weighted by Gasteiger charge is -2.59. The first-order chi connectivity index (χ1) is 9.74. The van der Waals surface area contributed by atoms with Gasteiger partial charge in [-0.3, -0.25) is 4.79 Å². The van der Waals surface area contributed by atoms with Gasteiger partial charge in [0.25, 0.3) is 0 Å².